The first kappa shape index (κ1) is 4.33. The van der Waals surface area contributed by atoms with Crippen LogP contribution in [0.4, 0.5) is 0 Å². The summed E-state index contributed by atoms with van der Waals surface area (Å²) in [6, 6.07) is 0. The van der Waals surface area contributed by atoms with Gasteiger partial charge in [-0.05, 0) is 0 Å². The maximum atomic E-state index is 4.67. The molecule has 0 aliphatic rings. The van der Waals surface area contributed by atoms with E-state index in [0.717, 1.165) is 6.34 Å². The molecule has 0 atom stereocenters. The molecule has 0 saturated carbocycles. The number of nitrogens with two attached hydrogens (primary N) is 1. The van der Waals surface area contributed by atoms with E-state index < -0.39 is 0 Å². The first-order chi connectivity index (χ1) is 2.41. The van der Waals surface area contributed by atoms with Crippen LogP contribution in [0.2, 0.25) is 0 Å². The molecular formula is CH3BN3. The summed E-state index contributed by atoms with van der Waals surface area (Å²) in [6.45, 7) is 0. The first-order valence-electron chi connectivity index (χ1n) is 1.05. The van der Waals surface area contributed by atoms with Crippen LogP contribution in [0.1, 0.15) is 0 Å². The first-order valence-corrected chi connectivity index (χ1v) is 1.05. The molecule has 0 spiro atoms. The zero-order valence-corrected chi connectivity index (χ0v) is 2.63. The molecule has 0 heterocycles. The minimum absolute atomic E-state index is 1.01. The molecule has 5 heavy (non-hydrogen) atoms. The molecule has 0 aliphatic carbocycles. The van der Waals surface area contributed by atoms with Crippen LogP contribution in [0.25, 0.3) is 0 Å². The van der Waals surface area contributed by atoms with Crippen LogP contribution < -0.4 is 5.73 Å². The van der Waals surface area contributed by atoms with Gasteiger partial charge in [-0.1, -0.05) is 0 Å². The van der Waals surface area contributed by atoms with Gasteiger partial charge in [-0.2, -0.15) is 0 Å². The average Bonchev–Trinajstić information content (AvgIpc) is 1.41. The van der Waals surface area contributed by atoms with Crippen molar-refractivity contribution >= 4 is 14.0 Å². The quantitative estimate of drug-likeness (QED) is 0.187. The molecule has 2 N–H and O–H groups in total. The van der Waals surface area contributed by atoms with Gasteiger partial charge in [0.05, 0.1) is 0 Å². The number of hydrogen-bond acceptors (Lipinski definition) is 2. The maximum absolute atomic E-state index is 4.67. The predicted molar refractivity (Wildman–Crippen MR) is 20.9 cm³/mol. The Morgan fingerprint density at radius 1 is 1.80 bits per heavy atom. The third-order valence-corrected chi connectivity index (χ3v) is 0.133. The molecule has 3 nitrogen and oxygen atoms in total. The molecule has 0 aromatic rings. The van der Waals surface area contributed by atoms with E-state index in [4.69, 9.17) is 0 Å². The Morgan fingerprint density at radius 3 is 2.40 bits per heavy atom. The van der Waals surface area contributed by atoms with Crippen molar-refractivity contribution in [2.24, 2.45) is 15.8 Å². The standard InChI is InChI=1S/CH3BN3/c2-5-4-1-3/h1H,(H2,3,4). The van der Waals surface area contributed by atoms with Crippen LogP contribution in [0.5, 0.6) is 0 Å². The molecule has 0 rings (SSSR count). The summed E-state index contributed by atoms with van der Waals surface area (Å²) in [6.07, 6.45) is 1.01. The van der Waals surface area contributed by atoms with E-state index in [-0.39, 0.29) is 0 Å². The second-order valence-electron chi connectivity index (χ2n) is 0.380. The molecule has 0 fully saturated rings. The molecule has 0 aromatic carbocycles. The van der Waals surface area contributed by atoms with Crippen molar-refractivity contribution < 1.29 is 0 Å². The molecule has 1 radical (unpaired) electrons. The van der Waals surface area contributed by atoms with Crippen molar-refractivity contribution in [2.45, 2.75) is 0 Å². The van der Waals surface area contributed by atoms with E-state index >= 15 is 0 Å². The van der Waals surface area contributed by atoms with Gasteiger partial charge in [-0.3, -0.25) is 0 Å². The van der Waals surface area contributed by atoms with Gasteiger partial charge >= 0.3 is 29.8 Å². The molecule has 0 saturated heterocycles. The van der Waals surface area contributed by atoms with Gasteiger partial charge in [0.25, 0.3) is 0 Å². The van der Waals surface area contributed by atoms with E-state index in [1.807, 2.05) is 0 Å². The van der Waals surface area contributed by atoms with E-state index in [2.05, 4.69) is 23.5 Å². The van der Waals surface area contributed by atoms with Crippen molar-refractivity contribution in [1.29, 1.82) is 0 Å². The fraction of sp³-hybridized carbons (Fsp3) is 0. The van der Waals surface area contributed by atoms with Crippen LogP contribution >= 0.6 is 0 Å². The number of nitrogens with zero attached hydrogens (tertiary/aromatic N) is 2. The third-order valence-electron chi connectivity index (χ3n) is 0.133. The topological polar surface area (TPSA) is 50.7 Å². The summed E-state index contributed by atoms with van der Waals surface area (Å²) in [7, 11) is 4.49. The average molecular weight is 67.9 g/mol. The van der Waals surface area contributed by atoms with Crippen molar-refractivity contribution in [1.82, 2.24) is 0 Å². The number of rotatable bonds is 1. The van der Waals surface area contributed by atoms with E-state index in [1.165, 1.54) is 0 Å². The van der Waals surface area contributed by atoms with Gasteiger partial charge in [0, 0.05) is 0 Å². The Hall–Kier alpha value is -0.665. The minimum atomic E-state index is 1.01. The fourth-order valence-corrected chi connectivity index (χ4v) is 0.0385. The molecule has 0 bridgehead atoms. The second kappa shape index (κ2) is 3.33. The second-order valence-corrected chi connectivity index (χ2v) is 0.380. The van der Waals surface area contributed by atoms with Crippen molar-refractivity contribution in [3.05, 3.63) is 0 Å². The van der Waals surface area contributed by atoms with Crippen molar-refractivity contribution in [2.75, 3.05) is 0 Å². The van der Waals surface area contributed by atoms with Crippen LogP contribution in [-0.4, -0.2) is 14.0 Å². The van der Waals surface area contributed by atoms with Crippen LogP contribution in [0.3, 0.4) is 0 Å². The molecular weight excluding hydrogens is 64.8 g/mol. The molecule has 4 heteroatoms. The third kappa shape index (κ3) is 3.33. The zero-order chi connectivity index (χ0) is 4.12. The van der Waals surface area contributed by atoms with Crippen LogP contribution in [-0.2, 0) is 0 Å². The molecule has 25 valence electrons. The van der Waals surface area contributed by atoms with Crippen molar-refractivity contribution in [3.8, 4) is 0 Å². The summed E-state index contributed by atoms with van der Waals surface area (Å²) >= 11 is 0. The van der Waals surface area contributed by atoms with Gasteiger partial charge in [-0.25, -0.2) is 0 Å². The van der Waals surface area contributed by atoms with Gasteiger partial charge in [-0.15, -0.1) is 0 Å². The summed E-state index contributed by atoms with van der Waals surface area (Å²) in [5.74, 6) is 0. The molecule has 0 unspecified atom stereocenters. The SMILES string of the molecule is [B]=NN=CN. The van der Waals surface area contributed by atoms with Gasteiger partial charge in [0.2, 0.25) is 0 Å². The Labute approximate surface area is 31.0 Å². The molecule has 0 amide bonds. The summed E-state index contributed by atoms with van der Waals surface area (Å²) in [5.41, 5.74) is 4.67. The Balaban J connectivity index is 2.92. The van der Waals surface area contributed by atoms with Crippen molar-refractivity contribution in [3.63, 3.8) is 0 Å². The van der Waals surface area contributed by atoms with Crippen LogP contribution in [0.15, 0.2) is 10.1 Å². The van der Waals surface area contributed by atoms with E-state index in [1.54, 1.807) is 0 Å². The normalized spacial score (nSPS) is 8.60. The molecule has 0 aromatic heterocycles. The van der Waals surface area contributed by atoms with Gasteiger partial charge < -0.3 is 0 Å². The summed E-state index contributed by atoms with van der Waals surface area (Å²) < 4.78 is 0. The van der Waals surface area contributed by atoms with Gasteiger partial charge in [0.1, 0.15) is 0 Å². The summed E-state index contributed by atoms with van der Waals surface area (Å²) in [4.78, 5) is 0. The van der Waals surface area contributed by atoms with Crippen LogP contribution in [0, 0.1) is 0 Å². The fourth-order valence-electron chi connectivity index (χ4n) is 0.0385. The Kier molecular flexibility index (Phi) is 2.89. The van der Waals surface area contributed by atoms with E-state index in [9.17, 15) is 0 Å². The molecule has 0 aliphatic heterocycles. The zero-order valence-electron chi connectivity index (χ0n) is 2.63. The Bertz CT molecular complexity index is 48.9. The Morgan fingerprint density at radius 2 is 2.40 bits per heavy atom. The van der Waals surface area contributed by atoms with Gasteiger partial charge in [0.15, 0.2) is 0 Å². The van der Waals surface area contributed by atoms with E-state index in [0.29, 0.717) is 0 Å². The predicted octanol–water partition coefficient (Wildman–Crippen LogP) is -0.760. The number of hydrogen-bond donors (Lipinski definition) is 1. The summed E-state index contributed by atoms with van der Waals surface area (Å²) in [5, 5.41) is 5.83. The monoisotopic (exact) mass is 68.0 g/mol.